The van der Waals surface area contributed by atoms with Gasteiger partial charge in [-0.3, -0.25) is 4.79 Å². The lowest BCUT2D eigenvalue weighted by molar-refractivity contribution is -0.117. The van der Waals surface area contributed by atoms with E-state index in [0.29, 0.717) is 0 Å². The molecule has 0 radical (unpaired) electrons. The number of hydrogen-bond donors (Lipinski definition) is 1. The molecule has 1 atom stereocenters. The van der Waals surface area contributed by atoms with Gasteiger partial charge in [-0.25, -0.2) is 13.2 Å². The minimum absolute atomic E-state index is 0.188. The maximum Gasteiger partial charge on any atom is 0.232 e. The quantitative estimate of drug-likeness (QED) is 0.709. The molecule has 2 aromatic rings. The first kappa shape index (κ1) is 17.3. The predicted molar refractivity (Wildman–Crippen MR) is 86.6 cm³/mol. The highest BCUT2D eigenvalue weighted by Gasteiger charge is 2.21. The second-order valence-electron chi connectivity index (χ2n) is 4.90. The Morgan fingerprint density at radius 2 is 1.83 bits per heavy atom. The summed E-state index contributed by atoms with van der Waals surface area (Å²) in [6, 6.07) is 7.05. The Hall–Kier alpha value is -2.08. The van der Waals surface area contributed by atoms with Gasteiger partial charge in [0.1, 0.15) is 17.5 Å². The van der Waals surface area contributed by atoms with E-state index in [0.717, 1.165) is 24.3 Å². The average Bonchev–Trinajstić information content (AvgIpc) is 2.47. The van der Waals surface area contributed by atoms with Crippen molar-refractivity contribution in [3.8, 4) is 0 Å². The summed E-state index contributed by atoms with van der Waals surface area (Å²) in [5.74, 6) is -3.39. The standard InChI is InChI=1S/C17H13BrF3NO/c1-2-3-14(10-6-11(19)8-12(20)7-10)17(23)22-13-4-5-15(18)16(21)9-13/h2,4-9,14H,1,3H2,(H,22,23). The van der Waals surface area contributed by atoms with E-state index in [2.05, 4.69) is 27.8 Å². The number of hydrogen-bond acceptors (Lipinski definition) is 1. The largest absolute Gasteiger partial charge is 0.325 e. The minimum Gasteiger partial charge on any atom is -0.325 e. The van der Waals surface area contributed by atoms with Gasteiger partial charge in [-0.05, 0) is 58.2 Å². The van der Waals surface area contributed by atoms with Crippen LogP contribution in [0.5, 0.6) is 0 Å². The first-order valence-electron chi connectivity index (χ1n) is 6.73. The molecular formula is C17H13BrF3NO. The van der Waals surface area contributed by atoms with Crippen LogP contribution in [0, 0.1) is 17.5 Å². The number of nitrogens with one attached hydrogen (secondary N) is 1. The van der Waals surface area contributed by atoms with E-state index in [1.807, 2.05) is 0 Å². The Bertz CT molecular complexity index is 728. The predicted octanol–water partition coefficient (Wildman–Crippen LogP) is 5.16. The summed E-state index contributed by atoms with van der Waals surface area (Å²) in [6.07, 6.45) is 1.67. The number of carbonyl (C=O) groups is 1. The zero-order valence-corrected chi connectivity index (χ0v) is 13.5. The SMILES string of the molecule is C=CCC(C(=O)Nc1ccc(Br)c(F)c1)c1cc(F)cc(F)c1. The van der Waals surface area contributed by atoms with E-state index < -0.39 is 29.3 Å². The third-order valence-corrected chi connectivity index (χ3v) is 3.84. The average molecular weight is 384 g/mol. The van der Waals surface area contributed by atoms with Crippen LogP contribution in [0.25, 0.3) is 0 Å². The number of amides is 1. The van der Waals surface area contributed by atoms with Crippen LogP contribution in [0.3, 0.4) is 0 Å². The summed E-state index contributed by atoms with van der Waals surface area (Å²) in [5.41, 5.74) is 0.444. The van der Waals surface area contributed by atoms with Crippen molar-refractivity contribution in [3.05, 3.63) is 76.5 Å². The molecule has 2 aromatic carbocycles. The summed E-state index contributed by atoms with van der Waals surface area (Å²) >= 11 is 3.02. The number of rotatable bonds is 5. The lowest BCUT2D eigenvalue weighted by atomic mass is 9.94. The van der Waals surface area contributed by atoms with Gasteiger partial charge >= 0.3 is 0 Å². The fourth-order valence-electron chi connectivity index (χ4n) is 2.14. The summed E-state index contributed by atoms with van der Waals surface area (Å²) in [6.45, 7) is 3.55. The smallest absolute Gasteiger partial charge is 0.232 e. The highest BCUT2D eigenvalue weighted by atomic mass is 79.9. The van der Waals surface area contributed by atoms with Gasteiger partial charge in [-0.1, -0.05) is 6.08 Å². The summed E-state index contributed by atoms with van der Waals surface area (Å²) in [5, 5.41) is 2.54. The summed E-state index contributed by atoms with van der Waals surface area (Å²) in [7, 11) is 0. The van der Waals surface area contributed by atoms with Crippen molar-refractivity contribution in [2.75, 3.05) is 5.32 Å². The Morgan fingerprint density at radius 3 is 2.39 bits per heavy atom. The molecule has 6 heteroatoms. The number of benzene rings is 2. The van der Waals surface area contributed by atoms with E-state index in [-0.39, 0.29) is 22.1 Å². The third-order valence-electron chi connectivity index (χ3n) is 3.19. The molecule has 0 aliphatic rings. The Kier molecular flexibility index (Phi) is 5.60. The molecule has 0 aliphatic heterocycles. The van der Waals surface area contributed by atoms with Crippen LogP contribution in [0.15, 0.2) is 53.5 Å². The molecule has 0 spiro atoms. The molecule has 2 rings (SSSR count). The second-order valence-corrected chi connectivity index (χ2v) is 5.75. The zero-order valence-electron chi connectivity index (χ0n) is 12.0. The molecule has 120 valence electrons. The van der Waals surface area contributed by atoms with Crippen molar-refractivity contribution >= 4 is 27.5 Å². The van der Waals surface area contributed by atoms with E-state index >= 15 is 0 Å². The molecule has 1 N–H and O–H groups in total. The fourth-order valence-corrected chi connectivity index (χ4v) is 2.39. The number of carbonyl (C=O) groups excluding carboxylic acids is 1. The second kappa shape index (κ2) is 7.46. The van der Waals surface area contributed by atoms with Gasteiger partial charge in [-0.15, -0.1) is 6.58 Å². The minimum atomic E-state index is -0.829. The molecule has 0 aromatic heterocycles. The zero-order chi connectivity index (χ0) is 17.0. The fraction of sp³-hybridized carbons (Fsp3) is 0.118. The van der Waals surface area contributed by atoms with Crippen molar-refractivity contribution in [1.29, 1.82) is 0 Å². The Morgan fingerprint density at radius 1 is 1.17 bits per heavy atom. The monoisotopic (exact) mass is 383 g/mol. The summed E-state index contributed by atoms with van der Waals surface area (Å²) in [4.78, 5) is 12.4. The molecular weight excluding hydrogens is 371 g/mol. The molecule has 0 bridgehead atoms. The number of anilines is 1. The molecule has 0 aliphatic carbocycles. The van der Waals surface area contributed by atoms with Gasteiger partial charge in [0.25, 0.3) is 0 Å². The van der Waals surface area contributed by atoms with Crippen molar-refractivity contribution < 1.29 is 18.0 Å². The van der Waals surface area contributed by atoms with Crippen LogP contribution < -0.4 is 5.32 Å². The molecule has 0 saturated carbocycles. The van der Waals surface area contributed by atoms with E-state index in [1.54, 1.807) is 0 Å². The topological polar surface area (TPSA) is 29.1 Å². The van der Waals surface area contributed by atoms with Crippen molar-refractivity contribution in [3.63, 3.8) is 0 Å². The van der Waals surface area contributed by atoms with Crippen molar-refractivity contribution in [1.82, 2.24) is 0 Å². The van der Waals surface area contributed by atoms with Crippen LogP contribution in [0.4, 0.5) is 18.9 Å². The highest BCUT2D eigenvalue weighted by Crippen LogP contribution is 2.25. The van der Waals surface area contributed by atoms with Crippen molar-refractivity contribution in [2.24, 2.45) is 0 Å². The summed E-state index contributed by atoms with van der Waals surface area (Å²) < 4.78 is 40.5. The highest BCUT2D eigenvalue weighted by molar-refractivity contribution is 9.10. The first-order chi connectivity index (χ1) is 10.9. The molecule has 2 nitrogen and oxygen atoms in total. The maximum absolute atomic E-state index is 13.5. The van der Waals surface area contributed by atoms with Gasteiger partial charge in [0.2, 0.25) is 5.91 Å². The lowest BCUT2D eigenvalue weighted by Crippen LogP contribution is -2.21. The van der Waals surface area contributed by atoms with Gasteiger partial charge in [0, 0.05) is 11.8 Å². The van der Waals surface area contributed by atoms with E-state index in [9.17, 15) is 18.0 Å². The van der Waals surface area contributed by atoms with Crippen LogP contribution in [-0.4, -0.2) is 5.91 Å². The van der Waals surface area contributed by atoms with Crippen LogP contribution >= 0.6 is 15.9 Å². The van der Waals surface area contributed by atoms with Gasteiger partial charge in [0.05, 0.1) is 10.4 Å². The van der Waals surface area contributed by atoms with Crippen LogP contribution in [0.2, 0.25) is 0 Å². The molecule has 1 unspecified atom stereocenters. The first-order valence-corrected chi connectivity index (χ1v) is 7.53. The Labute approximate surface area is 140 Å². The van der Waals surface area contributed by atoms with Crippen LogP contribution in [-0.2, 0) is 4.79 Å². The van der Waals surface area contributed by atoms with Crippen molar-refractivity contribution in [2.45, 2.75) is 12.3 Å². The number of allylic oxidation sites excluding steroid dienone is 1. The van der Waals surface area contributed by atoms with Gasteiger partial charge in [0.15, 0.2) is 0 Å². The van der Waals surface area contributed by atoms with Crippen LogP contribution in [0.1, 0.15) is 17.9 Å². The molecule has 0 heterocycles. The maximum atomic E-state index is 13.5. The van der Waals surface area contributed by atoms with E-state index in [1.165, 1.54) is 18.2 Å². The molecule has 0 fully saturated rings. The third kappa shape index (κ3) is 4.45. The van der Waals surface area contributed by atoms with Gasteiger partial charge in [-0.2, -0.15) is 0 Å². The molecule has 23 heavy (non-hydrogen) atoms. The normalized spacial score (nSPS) is 11.8. The Balaban J connectivity index is 2.27. The van der Waals surface area contributed by atoms with Gasteiger partial charge < -0.3 is 5.32 Å². The molecule has 0 saturated heterocycles. The molecule has 1 amide bonds. The number of halogens is 4. The van der Waals surface area contributed by atoms with E-state index in [4.69, 9.17) is 0 Å². The lowest BCUT2D eigenvalue weighted by Gasteiger charge is -2.16.